The fourth-order valence-electron chi connectivity index (χ4n) is 1.64. The number of anilines is 1. The monoisotopic (exact) mass is 281 g/mol. The number of halogens is 2. The molecule has 0 atom stereocenters. The van der Waals surface area contributed by atoms with Crippen molar-refractivity contribution >= 4 is 5.69 Å². The van der Waals surface area contributed by atoms with Gasteiger partial charge in [0.1, 0.15) is 5.82 Å². The van der Waals surface area contributed by atoms with Crippen LogP contribution in [-0.2, 0) is 0 Å². The van der Waals surface area contributed by atoms with Crippen LogP contribution in [0.1, 0.15) is 0 Å². The number of nitrogens with two attached hydrogens (primary N) is 1. The summed E-state index contributed by atoms with van der Waals surface area (Å²) < 4.78 is 41.9. The van der Waals surface area contributed by atoms with E-state index in [2.05, 4.69) is 0 Å². The number of ether oxygens (including phenoxy) is 3. The summed E-state index contributed by atoms with van der Waals surface area (Å²) in [4.78, 5) is 0. The lowest BCUT2D eigenvalue weighted by atomic mass is 10.2. The molecule has 20 heavy (non-hydrogen) atoms. The summed E-state index contributed by atoms with van der Waals surface area (Å²) >= 11 is 0. The van der Waals surface area contributed by atoms with E-state index in [1.807, 2.05) is 0 Å². The molecule has 0 amide bonds. The molecule has 0 aliphatic rings. The van der Waals surface area contributed by atoms with Crippen molar-refractivity contribution in [2.75, 3.05) is 20.0 Å². The third-order valence-corrected chi connectivity index (χ3v) is 2.63. The Morgan fingerprint density at radius 1 is 0.850 bits per heavy atom. The third kappa shape index (κ3) is 2.74. The van der Waals surface area contributed by atoms with E-state index in [1.54, 1.807) is 0 Å². The quantitative estimate of drug-likeness (QED) is 0.873. The van der Waals surface area contributed by atoms with Crippen LogP contribution in [0.4, 0.5) is 14.5 Å². The van der Waals surface area contributed by atoms with E-state index in [1.165, 1.54) is 32.4 Å². The van der Waals surface area contributed by atoms with Crippen molar-refractivity contribution in [3.05, 3.63) is 42.0 Å². The molecule has 2 N–H and O–H groups in total. The van der Waals surface area contributed by atoms with Crippen molar-refractivity contribution in [2.24, 2.45) is 0 Å². The van der Waals surface area contributed by atoms with Crippen LogP contribution in [0.5, 0.6) is 23.0 Å². The second kappa shape index (κ2) is 5.64. The van der Waals surface area contributed by atoms with Gasteiger partial charge in [0.15, 0.2) is 28.8 Å². The summed E-state index contributed by atoms with van der Waals surface area (Å²) in [6.45, 7) is 0. The highest BCUT2D eigenvalue weighted by molar-refractivity contribution is 5.62. The Bertz CT molecular complexity index is 632. The zero-order chi connectivity index (χ0) is 14.7. The molecule has 6 heteroatoms. The molecule has 2 aromatic rings. The fourth-order valence-corrected chi connectivity index (χ4v) is 1.64. The first-order valence-electron chi connectivity index (χ1n) is 5.69. The van der Waals surface area contributed by atoms with Crippen molar-refractivity contribution in [3.63, 3.8) is 0 Å². The van der Waals surface area contributed by atoms with Crippen LogP contribution < -0.4 is 19.9 Å². The van der Waals surface area contributed by atoms with Crippen LogP contribution in [0.2, 0.25) is 0 Å². The van der Waals surface area contributed by atoms with Crippen molar-refractivity contribution in [3.8, 4) is 23.0 Å². The Morgan fingerprint density at radius 2 is 1.50 bits per heavy atom. The number of hydrogen-bond donors (Lipinski definition) is 1. The second-order valence-corrected chi connectivity index (χ2v) is 3.92. The molecule has 2 aromatic carbocycles. The molecule has 0 heterocycles. The summed E-state index contributed by atoms with van der Waals surface area (Å²) in [6.07, 6.45) is 0. The predicted molar refractivity (Wildman–Crippen MR) is 70.4 cm³/mol. The lowest BCUT2D eigenvalue weighted by Gasteiger charge is -2.13. The molecule has 0 spiro atoms. The summed E-state index contributed by atoms with van der Waals surface area (Å²) in [7, 11) is 2.92. The first kappa shape index (κ1) is 13.9. The van der Waals surface area contributed by atoms with E-state index in [0.717, 1.165) is 12.1 Å². The maximum Gasteiger partial charge on any atom is 0.168 e. The molecule has 0 saturated heterocycles. The SMILES string of the molecule is COc1cc(N)c(Oc2ccc(F)cc2F)cc1OC. The van der Waals surface area contributed by atoms with E-state index < -0.39 is 11.6 Å². The molecule has 0 radical (unpaired) electrons. The van der Waals surface area contributed by atoms with E-state index in [0.29, 0.717) is 11.5 Å². The first-order valence-corrected chi connectivity index (χ1v) is 5.69. The highest BCUT2D eigenvalue weighted by Gasteiger charge is 2.13. The Morgan fingerprint density at radius 3 is 2.10 bits per heavy atom. The summed E-state index contributed by atoms with van der Waals surface area (Å²) in [5, 5.41) is 0. The highest BCUT2D eigenvalue weighted by atomic mass is 19.1. The Labute approximate surface area is 114 Å². The van der Waals surface area contributed by atoms with Gasteiger partial charge in [-0.2, -0.15) is 0 Å². The topological polar surface area (TPSA) is 53.7 Å². The van der Waals surface area contributed by atoms with E-state index in [4.69, 9.17) is 19.9 Å². The van der Waals surface area contributed by atoms with E-state index in [9.17, 15) is 8.78 Å². The molecular weight excluding hydrogens is 268 g/mol. The van der Waals surface area contributed by atoms with Gasteiger partial charge in [-0.15, -0.1) is 0 Å². The van der Waals surface area contributed by atoms with Gasteiger partial charge >= 0.3 is 0 Å². The minimum absolute atomic E-state index is 0.134. The van der Waals surface area contributed by atoms with Gasteiger partial charge in [0.05, 0.1) is 19.9 Å². The predicted octanol–water partition coefficient (Wildman–Crippen LogP) is 3.36. The molecule has 0 unspecified atom stereocenters. The van der Waals surface area contributed by atoms with Crippen molar-refractivity contribution < 1.29 is 23.0 Å². The van der Waals surface area contributed by atoms with Crippen LogP contribution in [0.25, 0.3) is 0 Å². The molecule has 0 aliphatic carbocycles. The molecule has 0 bridgehead atoms. The lowest BCUT2D eigenvalue weighted by Crippen LogP contribution is -1.98. The van der Waals surface area contributed by atoms with Crippen LogP contribution in [0.15, 0.2) is 30.3 Å². The van der Waals surface area contributed by atoms with Crippen LogP contribution >= 0.6 is 0 Å². The summed E-state index contributed by atoms with van der Waals surface area (Å²) in [5.74, 6) is -0.635. The highest BCUT2D eigenvalue weighted by Crippen LogP contribution is 2.38. The molecule has 0 aromatic heterocycles. The second-order valence-electron chi connectivity index (χ2n) is 3.92. The van der Waals surface area contributed by atoms with Gasteiger partial charge in [0, 0.05) is 18.2 Å². The minimum atomic E-state index is -0.820. The summed E-state index contributed by atoms with van der Waals surface area (Å²) in [5.41, 5.74) is 6.03. The van der Waals surface area contributed by atoms with Gasteiger partial charge < -0.3 is 19.9 Å². The number of rotatable bonds is 4. The van der Waals surface area contributed by atoms with Gasteiger partial charge in [0.25, 0.3) is 0 Å². The van der Waals surface area contributed by atoms with Gasteiger partial charge in [-0.3, -0.25) is 0 Å². The van der Waals surface area contributed by atoms with Crippen molar-refractivity contribution in [1.29, 1.82) is 0 Å². The molecule has 4 nitrogen and oxygen atoms in total. The third-order valence-electron chi connectivity index (χ3n) is 2.63. The maximum absolute atomic E-state index is 13.5. The van der Waals surface area contributed by atoms with E-state index >= 15 is 0 Å². The number of nitrogen functional groups attached to an aromatic ring is 1. The van der Waals surface area contributed by atoms with Crippen LogP contribution in [-0.4, -0.2) is 14.2 Å². The average Bonchev–Trinajstić information content (AvgIpc) is 2.43. The van der Waals surface area contributed by atoms with Crippen molar-refractivity contribution in [1.82, 2.24) is 0 Å². The Balaban J connectivity index is 2.38. The maximum atomic E-state index is 13.5. The van der Waals surface area contributed by atoms with Gasteiger partial charge in [0.2, 0.25) is 0 Å². The zero-order valence-corrected chi connectivity index (χ0v) is 10.9. The fraction of sp³-hybridized carbons (Fsp3) is 0.143. The van der Waals surface area contributed by atoms with E-state index in [-0.39, 0.29) is 17.2 Å². The zero-order valence-electron chi connectivity index (χ0n) is 10.9. The molecule has 0 aliphatic heterocycles. The van der Waals surface area contributed by atoms with Crippen LogP contribution in [0.3, 0.4) is 0 Å². The van der Waals surface area contributed by atoms with Gasteiger partial charge in [-0.1, -0.05) is 0 Å². The first-order chi connectivity index (χ1) is 9.55. The van der Waals surface area contributed by atoms with Crippen molar-refractivity contribution in [2.45, 2.75) is 0 Å². The molecule has 2 rings (SSSR count). The minimum Gasteiger partial charge on any atom is -0.493 e. The number of methoxy groups -OCH3 is 2. The largest absolute Gasteiger partial charge is 0.493 e. The van der Waals surface area contributed by atoms with Gasteiger partial charge in [-0.05, 0) is 12.1 Å². The smallest absolute Gasteiger partial charge is 0.168 e. The molecule has 0 saturated carbocycles. The molecule has 0 fully saturated rings. The lowest BCUT2D eigenvalue weighted by molar-refractivity contribution is 0.352. The van der Waals surface area contributed by atoms with Crippen LogP contribution in [0, 0.1) is 11.6 Å². The number of hydrogen-bond acceptors (Lipinski definition) is 4. The normalized spacial score (nSPS) is 10.2. The average molecular weight is 281 g/mol. The molecule has 106 valence electrons. The number of benzene rings is 2. The Kier molecular flexibility index (Phi) is 3.93. The van der Waals surface area contributed by atoms with Gasteiger partial charge in [-0.25, -0.2) is 8.78 Å². The molecular formula is C14H13F2NO3. The standard InChI is InChI=1S/C14H13F2NO3/c1-18-13-6-10(17)12(7-14(13)19-2)20-11-4-3-8(15)5-9(11)16/h3-7H,17H2,1-2H3. The Hall–Kier alpha value is -2.50. The summed E-state index contributed by atoms with van der Waals surface area (Å²) in [6, 6.07) is 5.97.